The van der Waals surface area contributed by atoms with Gasteiger partial charge in [-0.1, -0.05) is 0 Å². The molecule has 2 saturated heterocycles. The van der Waals surface area contributed by atoms with Crippen molar-refractivity contribution in [2.45, 2.75) is 43.2 Å². The molecule has 0 aromatic carbocycles. The average molecular weight is 300 g/mol. The molecule has 0 aliphatic carbocycles. The van der Waals surface area contributed by atoms with Crippen LogP contribution in [0.1, 0.15) is 12.6 Å². The van der Waals surface area contributed by atoms with Crippen LogP contribution in [0.2, 0.25) is 0 Å². The molecule has 0 radical (unpaired) electrons. The van der Waals surface area contributed by atoms with Crippen LogP contribution in [-0.2, 0) is 9.47 Å². The van der Waals surface area contributed by atoms with Crippen molar-refractivity contribution in [3.63, 3.8) is 0 Å². The Morgan fingerprint density at radius 3 is 2.71 bits per heavy atom. The fourth-order valence-electron chi connectivity index (χ4n) is 2.79. The second kappa shape index (κ2) is 5.35. The highest BCUT2D eigenvalue weighted by Crippen LogP contribution is 2.36. The Morgan fingerprint density at radius 2 is 2.05 bits per heavy atom. The molecule has 2 fully saturated rings. The van der Waals surface area contributed by atoms with Crippen LogP contribution in [0.25, 0.3) is 0 Å². The summed E-state index contributed by atoms with van der Waals surface area (Å²) in [5.74, 6) is 0. The van der Waals surface area contributed by atoms with Crippen molar-refractivity contribution in [1.82, 2.24) is 9.55 Å². The van der Waals surface area contributed by atoms with Gasteiger partial charge < -0.3 is 24.8 Å². The lowest BCUT2D eigenvalue weighted by molar-refractivity contribution is -0.220. The standard InChI is InChI=1S/C12H16N2O7/c15-4-6-9(17)10(18)11-5(20-6)3-8(21-11)14-2-1-7(16)13-12(14)19/h1-2,5-6,8-11,15,17-18H,3-4H2,(H,13,16,19)/t5-,6-,8-,9-,10+,11+/m1/s1. The van der Waals surface area contributed by atoms with Crippen molar-refractivity contribution in [2.24, 2.45) is 0 Å². The molecular weight excluding hydrogens is 284 g/mol. The number of H-pyrrole nitrogens is 1. The first kappa shape index (κ1) is 14.4. The van der Waals surface area contributed by atoms with Gasteiger partial charge in [0.25, 0.3) is 5.56 Å². The van der Waals surface area contributed by atoms with Gasteiger partial charge in [-0.25, -0.2) is 4.79 Å². The maximum atomic E-state index is 11.7. The van der Waals surface area contributed by atoms with Gasteiger partial charge in [0.1, 0.15) is 30.6 Å². The zero-order chi connectivity index (χ0) is 15.1. The van der Waals surface area contributed by atoms with Crippen molar-refractivity contribution in [2.75, 3.05) is 6.61 Å². The SMILES string of the molecule is O=c1ccn([C@H]2C[C@H]3O[C@H](CO)[C@@H](O)[C@H](O)[C@H]3O2)c(=O)[nH]1. The zero-order valence-corrected chi connectivity index (χ0v) is 11.0. The van der Waals surface area contributed by atoms with Gasteiger partial charge in [0, 0.05) is 18.7 Å². The van der Waals surface area contributed by atoms with E-state index >= 15 is 0 Å². The van der Waals surface area contributed by atoms with E-state index in [1.807, 2.05) is 0 Å². The second-order valence-corrected chi connectivity index (χ2v) is 5.19. The molecule has 0 spiro atoms. The fraction of sp³-hybridized carbons (Fsp3) is 0.667. The second-order valence-electron chi connectivity index (χ2n) is 5.19. The molecular formula is C12H16N2O7. The largest absolute Gasteiger partial charge is 0.394 e. The molecule has 9 nitrogen and oxygen atoms in total. The van der Waals surface area contributed by atoms with Crippen LogP contribution in [-0.4, -0.2) is 62.0 Å². The van der Waals surface area contributed by atoms with E-state index in [0.717, 1.165) is 0 Å². The van der Waals surface area contributed by atoms with Crippen LogP contribution in [0.5, 0.6) is 0 Å². The van der Waals surface area contributed by atoms with Gasteiger partial charge in [0.05, 0.1) is 12.7 Å². The lowest BCUT2D eigenvalue weighted by atomic mass is 9.95. The third-order valence-electron chi connectivity index (χ3n) is 3.87. The van der Waals surface area contributed by atoms with Crippen LogP contribution in [0.4, 0.5) is 0 Å². The molecule has 116 valence electrons. The molecule has 9 heteroatoms. The van der Waals surface area contributed by atoms with Crippen molar-refractivity contribution in [1.29, 1.82) is 0 Å². The number of aliphatic hydroxyl groups is 3. The van der Waals surface area contributed by atoms with Crippen LogP contribution in [0, 0.1) is 0 Å². The summed E-state index contributed by atoms with van der Waals surface area (Å²) in [4.78, 5) is 24.9. The molecule has 4 N–H and O–H groups in total. The van der Waals surface area contributed by atoms with E-state index < -0.39 is 54.6 Å². The van der Waals surface area contributed by atoms with Crippen molar-refractivity contribution >= 4 is 0 Å². The van der Waals surface area contributed by atoms with Crippen LogP contribution in [0.15, 0.2) is 21.9 Å². The summed E-state index contributed by atoms with van der Waals surface area (Å²) in [7, 11) is 0. The Bertz CT molecular complexity index is 627. The Labute approximate surface area is 118 Å². The number of ether oxygens (including phenoxy) is 2. The van der Waals surface area contributed by atoms with Crippen molar-refractivity contribution in [3.05, 3.63) is 33.1 Å². The van der Waals surface area contributed by atoms with E-state index in [9.17, 15) is 19.8 Å². The molecule has 2 aliphatic rings. The van der Waals surface area contributed by atoms with Crippen molar-refractivity contribution < 1.29 is 24.8 Å². The predicted octanol–water partition coefficient (Wildman–Crippen LogP) is -2.69. The van der Waals surface area contributed by atoms with Crippen molar-refractivity contribution in [3.8, 4) is 0 Å². The zero-order valence-electron chi connectivity index (χ0n) is 11.0. The van der Waals surface area contributed by atoms with Crippen LogP contribution >= 0.6 is 0 Å². The van der Waals surface area contributed by atoms with Gasteiger partial charge in [-0.3, -0.25) is 14.3 Å². The Morgan fingerprint density at radius 1 is 1.29 bits per heavy atom. The lowest BCUT2D eigenvalue weighted by Gasteiger charge is -2.38. The van der Waals surface area contributed by atoms with Gasteiger partial charge >= 0.3 is 5.69 Å². The van der Waals surface area contributed by atoms with Gasteiger partial charge in [-0.2, -0.15) is 0 Å². The first-order valence-electron chi connectivity index (χ1n) is 6.60. The molecule has 2 aliphatic heterocycles. The number of hydrogen-bond donors (Lipinski definition) is 4. The summed E-state index contributed by atoms with van der Waals surface area (Å²) in [5, 5.41) is 28.9. The molecule has 3 rings (SSSR count). The van der Waals surface area contributed by atoms with E-state index in [-0.39, 0.29) is 6.42 Å². The summed E-state index contributed by atoms with van der Waals surface area (Å²) >= 11 is 0. The number of aliphatic hydroxyl groups excluding tert-OH is 3. The minimum atomic E-state index is -1.26. The van der Waals surface area contributed by atoms with E-state index in [1.165, 1.54) is 16.8 Å². The summed E-state index contributed by atoms with van der Waals surface area (Å²) in [6, 6.07) is 1.19. The van der Waals surface area contributed by atoms with Gasteiger partial charge in [-0.15, -0.1) is 0 Å². The molecule has 1 aromatic rings. The highest BCUT2D eigenvalue weighted by Gasteiger charge is 2.50. The highest BCUT2D eigenvalue weighted by atomic mass is 16.6. The summed E-state index contributed by atoms with van der Waals surface area (Å²) < 4.78 is 12.2. The normalized spacial score (nSPS) is 39.2. The monoisotopic (exact) mass is 300 g/mol. The Hall–Kier alpha value is -1.52. The molecule has 0 bridgehead atoms. The van der Waals surface area contributed by atoms with E-state index in [2.05, 4.69) is 4.98 Å². The number of rotatable bonds is 2. The summed E-state index contributed by atoms with van der Waals surface area (Å²) in [6.07, 6.45) is -3.88. The molecule has 6 atom stereocenters. The third-order valence-corrected chi connectivity index (χ3v) is 3.87. The highest BCUT2D eigenvalue weighted by molar-refractivity contribution is 4.98. The first-order chi connectivity index (χ1) is 10.0. The van der Waals surface area contributed by atoms with E-state index in [0.29, 0.717) is 0 Å². The van der Waals surface area contributed by atoms with E-state index in [4.69, 9.17) is 14.6 Å². The Kier molecular flexibility index (Phi) is 3.68. The minimum absolute atomic E-state index is 0.261. The summed E-state index contributed by atoms with van der Waals surface area (Å²) in [6.45, 7) is -0.426. The van der Waals surface area contributed by atoms with E-state index in [1.54, 1.807) is 0 Å². The molecule has 3 heterocycles. The first-order valence-corrected chi connectivity index (χ1v) is 6.60. The number of aromatic nitrogens is 2. The van der Waals surface area contributed by atoms with Crippen LogP contribution < -0.4 is 11.2 Å². The molecule has 0 unspecified atom stereocenters. The Balaban J connectivity index is 1.84. The topological polar surface area (TPSA) is 134 Å². The van der Waals surface area contributed by atoms with Gasteiger partial charge in [0.15, 0.2) is 0 Å². The molecule has 0 saturated carbocycles. The molecule has 1 aromatic heterocycles. The summed E-state index contributed by atoms with van der Waals surface area (Å²) in [5.41, 5.74) is -1.14. The number of nitrogens with one attached hydrogen (secondary N) is 1. The maximum Gasteiger partial charge on any atom is 0.330 e. The average Bonchev–Trinajstić information content (AvgIpc) is 2.86. The minimum Gasteiger partial charge on any atom is -0.394 e. The predicted molar refractivity (Wildman–Crippen MR) is 67.6 cm³/mol. The van der Waals surface area contributed by atoms with Gasteiger partial charge in [-0.05, 0) is 0 Å². The smallest absolute Gasteiger partial charge is 0.330 e. The fourth-order valence-corrected chi connectivity index (χ4v) is 2.79. The number of aromatic amines is 1. The molecule has 21 heavy (non-hydrogen) atoms. The number of fused-ring (bicyclic) bond motifs is 1. The maximum absolute atomic E-state index is 11.7. The van der Waals surface area contributed by atoms with Gasteiger partial charge in [0.2, 0.25) is 0 Å². The van der Waals surface area contributed by atoms with Crippen LogP contribution in [0.3, 0.4) is 0 Å². The molecule has 0 amide bonds. The number of hydrogen-bond acceptors (Lipinski definition) is 7. The quantitative estimate of drug-likeness (QED) is 0.467. The third kappa shape index (κ3) is 2.43. The number of nitrogens with zero attached hydrogens (tertiary/aromatic N) is 1. The lowest BCUT2D eigenvalue weighted by Crippen LogP contribution is -2.57.